The first-order valence-electron chi connectivity index (χ1n) is 9.04. The molecule has 0 radical (unpaired) electrons. The molecule has 0 unspecified atom stereocenters. The molecule has 2 amide bonds. The van der Waals surface area contributed by atoms with E-state index in [1.807, 2.05) is 49.4 Å². The minimum atomic E-state index is -0.112. The summed E-state index contributed by atoms with van der Waals surface area (Å²) in [4.78, 5) is 29.9. The van der Waals surface area contributed by atoms with E-state index in [0.717, 1.165) is 17.1 Å². The zero-order chi connectivity index (χ0) is 19.9. The zero-order valence-corrected chi connectivity index (χ0v) is 15.8. The lowest BCUT2D eigenvalue weighted by molar-refractivity contribution is -0.114. The number of benzene rings is 2. The van der Waals surface area contributed by atoms with Crippen molar-refractivity contribution >= 4 is 34.7 Å². The Morgan fingerprint density at radius 3 is 2.18 bits per heavy atom. The summed E-state index contributed by atoms with van der Waals surface area (Å²) in [6, 6.07) is 20.4. The van der Waals surface area contributed by atoms with Gasteiger partial charge in [-0.25, -0.2) is 4.98 Å². The van der Waals surface area contributed by atoms with Gasteiger partial charge < -0.3 is 15.5 Å². The van der Waals surface area contributed by atoms with Crippen molar-refractivity contribution in [2.45, 2.75) is 13.8 Å². The van der Waals surface area contributed by atoms with Gasteiger partial charge in [-0.3, -0.25) is 9.59 Å². The van der Waals surface area contributed by atoms with Gasteiger partial charge in [-0.05, 0) is 55.5 Å². The van der Waals surface area contributed by atoms with Crippen LogP contribution in [0.15, 0.2) is 72.9 Å². The third kappa shape index (κ3) is 4.73. The summed E-state index contributed by atoms with van der Waals surface area (Å²) in [5.41, 5.74) is 2.95. The third-order valence-corrected chi connectivity index (χ3v) is 4.12. The number of anilines is 4. The maximum Gasteiger partial charge on any atom is 0.259 e. The quantitative estimate of drug-likeness (QED) is 0.668. The average molecular weight is 374 g/mol. The molecule has 6 heteroatoms. The van der Waals surface area contributed by atoms with Crippen LogP contribution in [0.2, 0.25) is 0 Å². The standard InChI is InChI=1S/C22H22N4O2/c1-3-26(20-7-5-4-6-8-20)22(28)17-9-14-21(23-15-17)25-19-12-10-18(11-13-19)24-16(2)27/h4-15H,3H2,1-2H3,(H,23,25)(H,24,27). The van der Waals surface area contributed by atoms with E-state index < -0.39 is 0 Å². The van der Waals surface area contributed by atoms with E-state index in [-0.39, 0.29) is 11.8 Å². The second kappa shape index (κ2) is 8.81. The van der Waals surface area contributed by atoms with Gasteiger partial charge in [0.05, 0.1) is 5.56 Å². The maximum atomic E-state index is 12.8. The molecule has 142 valence electrons. The van der Waals surface area contributed by atoms with E-state index in [1.54, 1.807) is 35.4 Å². The average Bonchev–Trinajstić information content (AvgIpc) is 2.71. The zero-order valence-electron chi connectivity index (χ0n) is 15.8. The molecule has 0 saturated carbocycles. The van der Waals surface area contributed by atoms with Crippen LogP contribution in [0.5, 0.6) is 0 Å². The number of hydrogen-bond donors (Lipinski definition) is 2. The van der Waals surface area contributed by atoms with Gasteiger partial charge in [0, 0.05) is 36.7 Å². The Morgan fingerprint density at radius 2 is 1.61 bits per heavy atom. The number of para-hydroxylation sites is 1. The normalized spacial score (nSPS) is 10.2. The number of nitrogens with one attached hydrogen (secondary N) is 2. The van der Waals surface area contributed by atoms with Crippen molar-refractivity contribution in [3.8, 4) is 0 Å². The van der Waals surface area contributed by atoms with Crippen LogP contribution in [-0.4, -0.2) is 23.3 Å². The fraction of sp³-hybridized carbons (Fsp3) is 0.136. The van der Waals surface area contributed by atoms with Crippen LogP contribution < -0.4 is 15.5 Å². The van der Waals surface area contributed by atoms with Crippen molar-refractivity contribution in [2.24, 2.45) is 0 Å². The number of carbonyl (C=O) groups is 2. The Labute approximate surface area is 164 Å². The van der Waals surface area contributed by atoms with Gasteiger partial charge in [-0.2, -0.15) is 0 Å². The summed E-state index contributed by atoms with van der Waals surface area (Å²) in [5.74, 6) is 0.429. The Morgan fingerprint density at radius 1 is 0.929 bits per heavy atom. The first kappa shape index (κ1) is 19.1. The SMILES string of the molecule is CCN(C(=O)c1ccc(Nc2ccc(NC(C)=O)cc2)nc1)c1ccccc1. The molecule has 1 aromatic heterocycles. The lowest BCUT2D eigenvalue weighted by Crippen LogP contribution is -2.30. The summed E-state index contributed by atoms with van der Waals surface area (Å²) in [5, 5.41) is 5.90. The Hall–Kier alpha value is -3.67. The monoisotopic (exact) mass is 374 g/mol. The molecule has 0 spiro atoms. The van der Waals surface area contributed by atoms with Gasteiger partial charge in [-0.1, -0.05) is 18.2 Å². The summed E-state index contributed by atoms with van der Waals surface area (Å²) in [6.07, 6.45) is 1.57. The highest BCUT2D eigenvalue weighted by Crippen LogP contribution is 2.20. The lowest BCUT2D eigenvalue weighted by Gasteiger charge is -2.21. The number of rotatable bonds is 6. The molecule has 0 aliphatic heterocycles. The van der Waals surface area contributed by atoms with E-state index in [0.29, 0.717) is 17.9 Å². The van der Waals surface area contributed by atoms with Crippen LogP contribution in [0.25, 0.3) is 0 Å². The van der Waals surface area contributed by atoms with Crippen LogP contribution in [0.4, 0.5) is 22.9 Å². The molecule has 6 nitrogen and oxygen atoms in total. The molecule has 2 aromatic carbocycles. The Balaban J connectivity index is 1.69. The van der Waals surface area contributed by atoms with Crippen molar-refractivity contribution in [1.82, 2.24) is 4.98 Å². The summed E-state index contributed by atoms with van der Waals surface area (Å²) in [6.45, 7) is 3.98. The third-order valence-electron chi connectivity index (χ3n) is 4.12. The molecule has 2 N–H and O–H groups in total. The minimum Gasteiger partial charge on any atom is -0.340 e. The van der Waals surface area contributed by atoms with Gasteiger partial charge in [0.25, 0.3) is 5.91 Å². The molecular formula is C22H22N4O2. The van der Waals surface area contributed by atoms with Crippen molar-refractivity contribution in [1.29, 1.82) is 0 Å². The summed E-state index contributed by atoms with van der Waals surface area (Å²) >= 11 is 0. The van der Waals surface area contributed by atoms with Gasteiger partial charge in [0.2, 0.25) is 5.91 Å². The molecule has 0 bridgehead atoms. The second-order valence-electron chi connectivity index (χ2n) is 6.20. The molecule has 1 heterocycles. The Kier molecular flexibility index (Phi) is 6.01. The van der Waals surface area contributed by atoms with E-state index >= 15 is 0 Å². The van der Waals surface area contributed by atoms with Crippen molar-refractivity contribution < 1.29 is 9.59 Å². The molecular weight excluding hydrogens is 352 g/mol. The minimum absolute atomic E-state index is 0.0904. The smallest absolute Gasteiger partial charge is 0.259 e. The van der Waals surface area contributed by atoms with Crippen LogP contribution in [0.3, 0.4) is 0 Å². The molecule has 3 aromatic rings. The topological polar surface area (TPSA) is 74.3 Å². The van der Waals surface area contributed by atoms with Gasteiger partial charge in [0.15, 0.2) is 0 Å². The van der Waals surface area contributed by atoms with Gasteiger partial charge >= 0.3 is 0 Å². The number of pyridine rings is 1. The first-order chi connectivity index (χ1) is 13.6. The summed E-state index contributed by atoms with van der Waals surface area (Å²) in [7, 11) is 0. The van der Waals surface area contributed by atoms with E-state index in [2.05, 4.69) is 15.6 Å². The Bertz CT molecular complexity index is 939. The van der Waals surface area contributed by atoms with Crippen LogP contribution >= 0.6 is 0 Å². The fourth-order valence-corrected chi connectivity index (χ4v) is 2.79. The van der Waals surface area contributed by atoms with Crippen molar-refractivity contribution in [3.05, 3.63) is 78.5 Å². The second-order valence-corrected chi connectivity index (χ2v) is 6.20. The number of hydrogen-bond acceptors (Lipinski definition) is 4. The molecule has 0 fully saturated rings. The molecule has 0 aliphatic carbocycles. The molecule has 3 rings (SSSR count). The number of nitrogens with zero attached hydrogens (tertiary/aromatic N) is 2. The van der Waals surface area contributed by atoms with Gasteiger partial charge in [-0.15, -0.1) is 0 Å². The van der Waals surface area contributed by atoms with Gasteiger partial charge in [0.1, 0.15) is 5.82 Å². The van der Waals surface area contributed by atoms with Crippen molar-refractivity contribution in [3.63, 3.8) is 0 Å². The van der Waals surface area contributed by atoms with Crippen molar-refractivity contribution in [2.75, 3.05) is 22.1 Å². The molecule has 0 aliphatic rings. The largest absolute Gasteiger partial charge is 0.340 e. The van der Waals surface area contributed by atoms with Crippen LogP contribution in [-0.2, 0) is 4.79 Å². The fourth-order valence-electron chi connectivity index (χ4n) is 2.79. The number of carbonyl (C=O) groups excluding carboxylic acids is 2. The summed E-state index contributed by atoms with van der Waals surface area (Å²) < 4.78 is 0. The molecule has 28 heavy (non-hydrogen) atoms. The predicted molar refractivity (Wildman–Crippen MR) is 112 cm³/mol. The predicted octanol–water partition coefficient (Wildman–Crippen LogP) is 4.45. The number of aromatic nitrogens is 1. The van der Waals surface area contributed by atoms with Crippen LogP contribution in [0.1, 0.15) is 24.2 Å². The maximum absolute atomic E-state index is 12.8. The van der Waals surface area contributed by atoms with E-state index in [1.165, 1.54) is 6.92 Å². The molecule has 0 saturated heterocycles. The first-order valence-corrected chi connectivity index (χ1v) is 9.04. The number of amides is 2. The highest BCUT2D eigenvalue weighted by Gasteiger charge is 2.16. The van der Waals surface area contributed by atoms with E-state index in [4.69, 9.17) is 0 Å². The van der Waals surface area contributed by atoms with Crippen LogP contribution in [0, 0.1) is 0 Å². The molecule has 0 atom stereocenters. The highest BCUT2D eigenvalue weighted by molar-refractivity contribution is 6.06. The van der Waals surface area contributed by atoms with E-state index in [9.17, 15) is 9.59 Å². The highest BCUT2D eigenvalue weighted by atomic mass is 16.2. The lowest BCUT2D eigenvalue weighted by atomic mass is 10.2.